The van der Waals surface area contributed by atoms with Crippen molar-refractivity contribution in [1.29, 1.82) is 0 Å². The van der Waals surface area contributed by atoms with Crippen LogP contribution in [0.1, 0.15) is 23.2 Å². The molecule has 0 bridgehead atoms. The second-order valence-corrected chi connectivity index (χ2v) is 6.80. The number of nitrogens with one attached hydrogen (secondary N) is 1. The average molecular weight is 355 g/mol. The van der Waals surface area contributed by atoms with Crippen LogP contribution in [0.3, 0.4) is 0 Å². The molecule has 2 amide bonds. The van der Waals surface area contributed by atoms with Gasteiger partial charge < -0.3 is 10.2 Å². The van der Waals surface area contributed by atoms with Gasteiger partial charge in [-0.25, -0.2) is 4.68 Å². The molecule has 0 aliphatic carbocycles. The SMILES string of the molecule is CN1CCNC(=O)C12CCN(C(=O)c1ccc(-n3cnnn3)cc1)CC2. The maximum Gasteiger partial charge on any atom is 0.253 e. The second-order valence-electron chi connectivity index (χ2n) is 6.80. The Morgan fingerprint density at radius 3 is 2.50 bits per heavy atom. The molecule has 136 valence electrons. The molecule has 2 aliphatic rings. The number of piperazine rings is 1. The Bertz CT molecular complexity index is 795. The third-order valence-electron chi connectivity index (χ3n) is 5.49. The van der Waals surface area contributed by atoms with Crippen molar-refractivity contribution >= 4 is 11.8 Å². The van der Waals surface area contributed by atoms with Gasteiger partial charge in [0.1, 0.15) is 11.9 Å². The van der Waals surface area contributed by atoms with Crippen LogP contribution in [0.25, 0.3) is 5.69 Å². The van der Waals surface area contributed by atoms with E-state index in [1.807, 2.05) is 24.1 Å². The molecule has 26 heavy (non-hydrogen) atoms. The maximum atomic E-state index is 12.8. The van der Waals surface area contributed by atoms with Crippen LogP contribution in [0.2, 0.25) is 0 Å². The lowest BCUT2D eigenvalue weighted by Gasteiger charge is -2.48. The fraction of sp³-hybridized carbons (Fsp3) is 0.471. The molecular weight excluding hydrogens is 334 g/mol. The van der Waals surface area contributed by atoms with E-state index in [-0.39, 0.29) is 11.8 Å². The average Bonchev–Trinajstić information content (AvgIpc) is 3.21. The Balaban J connectivity index is 1.44. The van der Waals surface area contributed by atoms with Crippen LogP contribution in [0.4, 0.5) is 0 Å². The van der Waals surface area contributed by atoms with Gasteiger partial charge in [0, 0.05) is 31.7 Å². The summed E-state index contributed by atoms with van der Waals surface area (Å²) in [6, 6.07) is 7.20. The molecule has 1 aromatic carbocycles. The van der Waals surface area contributed by atoms with Gasteiger partial charge in [-0.05, 0) is 54.6 Å². The van der Waals surface area contributed by atoms with Crippen molar-refractivity contribution in [1.82, 2.24) is 35.3 Å². The lowest BCUT2D eigenvalue weighted by atomic mass is 9.83. The van der Waals surface area contributed by atoms with E-state index < -0.39 is 5.54 Å². The Morgan fingerprint density at radius 2 is 1.88 bits per heavy atom. The Kier molecular flexibility index (Phi) is 4.15. The van der Waals surface area contributed by atoms with E-state index >= 15 is 0 Å². The van der Waals surface area contributed by atoms with Crippen molar-refractivity contribution in [3.63, 3.8) is 0 Å². The van der Waals surface area contributed by atoms with E-state index in [1.54, 1.807) is 12.1 Å². The summed E-state index contributed by atoms with van der Waals surface area (Å²) in [7, 11) is 1.99. The van der Waals surface area contributed by atoms with Gasteiger partial charge in [-0.3, -0.25) is 14.5 Å². The molecule has 1 aromatic heterocycles. The maximum absolute atomic E-state index is 12.8. The first-order valence-electron chi connectivity index (χ1n) is 8.72. The van der Waals surface area contributed by atoms with Crippen LogP contribution in [0.15, 0.2) is 30.6 Å². The third-order valence-corrected chi connectivity index (χ3v) is 5.49. The van der Waals surface area contributed by atoms with Crippen molar-refractivity contribution in [3.05, 3.63) is 36.2 Å². The predicted molar refractivity (Wildman–Crippen MR) is 92.7 cm³/mol. The first kappa shape index (κ1) is 16.6. The molecule has 0 unspecified atom stereocenters. The summed E-state index contributed by atoms with van der Waals surface area (Å²) in [5.74, 6) is 0.0751. The summed E-state index contributed by atoms with van der Waals surface area (Å²) in [4.78, 5) is 29.2. The monoisotopic (exact) mass is 355 g/mol. The van der Waals surface area contributed by atoms with E-state index in [9.17, 15) is 9.59 Å². The zero-order valence-electron chi connectivity index (χ0n) is 14.6. The van der Waals surface area contributed by atoms with Gasteiger partial charge in [0.25, 0.3) is 5.91 Å². The zero-order chi connectivity index (χ0) is 18.1. The van der Waals surface area contributed by atoms with Crippen molar-refractivity contribution < 1.29 is 9.59 Å². The quantitative estimate of drug-likeness (QED) is 0.794. The number of carbonyl (C=O) groups excluding carboxylic acids is 2. The molecule has 2 aliphatic heterocycles. The number of hydrogen-bond donors (Lipinski definition) is 1. The molecule has 2 saturated heterocycles. The number of hydrogen-bond acceptors (Lipinski definition) is 6. The molecule has 0 saturated carbocycles. The summed E-state index contributed by atoms with van der Waals surface area (Å²) in [5.41, 5.74) is 0.947. The van der Waals surface area contributed by atoms with Gasteiger partial charge in [-0.2, -0.15) is 0 Å². The summed E-state index contributed by atoms with van der Waals surface area (Å²) in [6.45, 7) is 2.68. The number of likely N-dealkylation sites (N-methyl/N-ethyl adjacent to an activating group) is 1. The molecular formula is C17H21N7O2. The van der Waals surface area contributed by atoms with Crippen LogP contribution in [0.5, 0.6) is 0 Å². The number of aromatic nitrogens is 4. The van der Waals surface area contributed by atoms with E-state index in [4.69, 9.17) is 0 Å². The fourth-order valence-electron chi connectivity index (χ4n) is 3.80. The van der Waals surface area contributed by atoms with E-state index in [1.165, 1.54) is 11.0 Å². The highest BCUT2D eigenvalue weighted by molar-refractivity contribution is 5.95. The van der Waals surface area contributed by atoms with Crippen LogP contribution in [-0.2, 0) is 4.79 Å². The molecule has 0 radical (unpaired) electrons. The van der Waals surface area contributed by atoms with Crippen molar-refractivity contribution in [2.45, 2.75) is 18.4 Å². The number of carbonyl (C=O) groups is 2. The minimum Gasteiger partial charge on any atom is -0.353 e. The molecule has 1 spiro atoms. The van der Waals surface area contributed by atoms with Crippen molar-refractivity contribution in [2.24, 2.45) is 0 Å². The lowest BCUT2D eigenvalue weighted by molar-refractivity contribution is -0.139. The molecule has 9 nitrogen and oxygen atoms in total. The van der Waals surface area contributed by atoms with Gasteiger partial charge in [0.05, 0.1) is 5.69 Å². The Labute approximate surface area is 151 Å². The number of tetrazole rings is 1. The molecule has 3 heterocycles. The van der Waals surface area contributed by atoms with Gasteiger partial charge in [-0.15, -0.1) is 5.10 Å². The van der Waals surface area contributed by atoms with Crippen LogP contribution >= 0.6 is 0 Å². The Morgan fingerprint density at radius 1 is 1.15 bits per heavy atom. The van der Waals surface area contributed by atoms with Crippen LogP contribution in [0, 0.1) is 0 Å². The first-order chi connectivity index (χ1) is 12.6. The van der Waals surface area contributed by atoms with Crippen molar-refractivity contribution in [2.75, 3.05) is 33.2 Å². The number of piperidine rings is 1. The highest BCUT2D eigenvalue weighted by atomic mass is 16.2. The summed E-state index contributed by atoms with van der Waals surface area (Å²) >= 11 is 0. The molecule has 2 aromatic rings. The molecule has 1 N–H and O–H groups in total. The number of benzene rings is 1. The van der Waals surface area contributed by atoms with Crippen molar-refractivity contribution in [3.8, 4) is 5.69 Å². The molecule has 9 heteroatoms. The van der Waals surface area contributed by atoms with Gasteiger partial charge in [0.15, 0.2) is 0 Å². The largest absolute Gasteiger partial charge is 0.353 e. The van der Waals surface area contributed by atoms with Crippen LogP contribution < -0.4 is 5.32 Å². The zero-order valence-corrected chi connectivity index (χ0v) is 14.6. The van der Waals surface area contributed by atoms with Crippen LogP contribution in [-0.4, -0.2) is 80.6 Å². The normalized spacial score (nSPS) is 20.2. The summed E-state index contributed by atoms with van der Waals surface area (Å²) in [5, 5.41) is 14.0. The summed E-state index contributed by atoms with van der Waals surface area (Å²) in [6.07, 6.45) is 2.82. The molecule has 0 atom stereocenters. The standard InChI is InChI=1S/C17H21N7O2/c1-22-11-8-18-16(26)17(22)6-9-23(10-7-17)15(25)13-2-4-14(5-3-13)24-12-19-20-21-24/h2-5,12H,6-11H2,1H3,(H,18,26). The number of rotatable bonds is 2. The smallest absolute Gasteiger partial charge is 0.253 e. The summed E-state index contributed by atoms with van der Waals surface area (Å²) < 4.78 is 1.54. The number of likely N-dealkylation sites (tertiary alicyclic amines) is 1. The highest BCUT2D eigenvalue weighted by Gasteiger charge is 2.47. The topological polar surface area (TPSA) is 96.2 Å². The molecule has 4 rings (SSSR count). The minimum absolute atomic E-state index is 0.0121. The third kappa shape index (κ3) is 2.74. The van der Waals surface area contributed by atoms with Gasteiger partial charge in [0.2, 0.25) is 5.91 Å². The van der Waals surface area contributed by atoms with E-state index in [0.717, 1.165) is 12.2 Å². The number of nitrogens with zero attached hydrogens (tertiary/aromatic N) is 6. The Hall–Kier alpha value is -2.81. The van der Waals surface area contributed by atoms with Gasteiger partial charge >= 0.3 is 0 Å². The molecule has 2 fully saturated rings. The van der Waals surface area contributed by atoms with E-state index in [0.29, 0.717) is 38.0 Å². The highest BCUT2D eigenvalue weighted by Crippen LogP contribution is 2.30. The van der Waals surface area contributed by atoms with Gasteiger partial charge in [-0.1, -0.05) is 0 Å². The lowest BCUT2D eigenvalue weighted by Crippen LogP contribution is -2.67. The fourth-order valence-corrected chi connectivity index (χ4v) is 3.80. The van der Waals surface area contributed by atoms with E-state index in [2.05, 4.69) is 25.7 Å². The predicted octanol–water partition coefficient (Wildman–Crippen LogP) is -0.301. The number of amides is 2. The first-order valence-corrected chi connectivity index (χ1v) is 8.72. The second kappa shape index (κ2) is 6.49. The minimum atomic E-state index is -0.473.